The highest BCUT2D eigenvalue weighted by Gasteiger charge is 2.10. The highest BCUT2D eigenvalue weighted by atomic mass is 16.1. The van der Waals surface area contributed by atoms with Gasteiger partial charge in [-0.25, -0.2) is 0 Å². The fourth-order valence-corrected chi connectivity index (χ4v) is 0.835. The minimum atomic E-state index is 0.0954. The lowest BCUT2D eigenvalue weighted by Gasteiger charge is -2.17. The van der Waals surface area contributed by atoms with Crippen LogP contribution in [0.2, 0.25) is 0 Å². The van der Waals surface area contributed by atoms with Gasteiger partial charge in [-0.05, 0) is 31.8 Å². The summed E-state index contributed by atoms with van der Waals surface area (Å²) in [6.45, 7) is 8.40. The van der Waals surface area contributed by atoms with Crippen LogP contribution in [0, 0.1) is 5.41 Å². The second kappa shape index (κ2) is 4.91. The Morgan fingerprint density at radius 2 is 1.92 bits per heavy atom. The molecular weight excluding hydrogens is 148 g/mol. The van der Waals surface area contributed by atoms with E-state index in [0.717, 1.165) is 12.7 Å². The van der Waals surface area contributed by atoms with E-state index >= 15 is 0 Å². The van der Waals surface area contributed by atoms with Gasteiger partial charge in [0.1, 0.15) is 6.29 Å². The van der Waals surface area contributed by atoms with Crippen molar-refractivity contribution in [3.8, 4) is 0 Å². The zero-order valence-corrected chi connectivity index (χ0v) is 8.42. The molecular formula is C11H18O. The van der Waals surface area contributed by atoms with Crippen molar-refractivity contribution in [3.05, 3.63) is 23.8 Å². The maximum absolute atomic E-state index is 10.1. The molecule has 12 heavy (non-hydrogen) atoms. The second-order valence-electron chi connectivity index (χ2n) is 3.97. The van der Waals surface area contributed by atoms with Crippen molar-refractivity contribution in [1.29, 1.82) is 0 Å². The molecule has 0 aromatic rings. The molecule has 1 nitrogen and oxygen atoms in total. The van der Waals surface area contributed by atoms with Crippen molar-refractivity contribution >= 4 is 6.29 Å². The predicted molar refractivity (Wildman–Crippen MR) is 53.0 cm³/mol. The molecule has 0 fully saturated rings. The lowest BCUT2D eigenvalue weighted by atomic mass is 9.88. The summed E-state index contributed by atoms with van der Waals surface area (Å²) in [5.74, 6) is 0. The van der Waals surface area contributed by atoms with Crippen LogP contribution in [0.1, 0.15) is 34.1 Å². The molecule has 0 amide bonds. The predicted octanol–water partition coefficient (Wildman–Crippen LogP) is 3.12. The molecule has 0 aromatic heterocycles. The van der Waals surface area contributed by atoms with Crippen LogP contribution in [0.25, 0.3) is 0 Å². The van der Waals surface area contributed by atoms with Crippen LogP contribution in [0.3, 0.4) is 0 Å². The van der Waals surface area contributed by atoms with Gasteiger partial charge in [0.2, 0.25) is 0 Å². The van der Waals surface area contributed by atoms with Crippen LogP contribution in [0.4, 0.5) is 0 Å². The van der Waals surface area contributed by atoms with Crippen molar-refractivity contribution < 1.29 is 4.79 Å². The zero-order valence-electron chi connectivity index (χ0n) is 8.42. The molecule has 0 radical (unpaired) electrons. The van der Waals surface area contributed by atoms with Crippen LogP contribution < -0.4 is 0 Å². The SMILES string of the molecule is CC(C)=CCC(C)(C)C=CC=O. The molecule has 0 atom stereocenters. The molecule has 0 N–H and O–H groups in total. The average molecular weight is 166 g/mol. The van der Waals surface area contributed by atoms with E-state index in [9.17, 15) is 4.79 Å². The molecule has 1 heteroatoms. The van der Waals surface area contributed by atoms with Gasteiger partial charge in [0, 0.05) is 0 Å². The summed E-state index contributed by atoms with van der Waals surface area (Å²) < 4.78 is 0. The first kappa shape index (κ1) is 11.2. The molecule has 68 valence electrons. The maximum atomic E-state index is 10.1. The number of aldehydes is 1. The minimum Gasteiger partial charge on any atom is -0.299 e. The average Bonchev–Trinajstić information content (AvgIpc) is 1.98. The molecule has 0 aliphatic carbocycles. The van der Waals surface area contributed by atoms with Crippen LogP contribution in [0.15, 0.2) is 23.8 Å². The molecule has 0 unspecified atom stereocenters. The van der Waals surface area contributed by atoms with E-state index in [1.807, 2.05) is 6.08 Å². The molecule has 0 saturated carbocycles. The molecule has 0 aromatic carbocycles. The third kappa shape index (κ3) is 5.90. The Morgan fingerprint density at radius 1 is 1.33 bits per heavy atom. The minimum absolute atomic E-state index is 0.0954. The summed E-state index contributed by atoms with van der Waals surface area (Å²) >= 11 is 0. The van der Waals surface area contributed by atoms with Crippen LogP contribution in [0.5, 0.6) is 0 Å². The Bertz CT molecular complexity index is 193. The van der Waals surface area contributed by atoms with Crippen LogP contribution in [-0.2, 0) is 4.79 Å². The van der Waals surface area contributed by atoms with E-state index < -0.39 is 0 Å². The monoisotopic (exact) mass is 166 g/mol. The highest BCUT2D eigenvalue weighted by molar-refractivity contribution is 5.64. The quantitative estimate of drug-likeness (QED) is 0.356. The topological polar surface area (TPSA) is 17.1 Å². The first-order valence-corrected chi connectivity index (χ1v) is 4.24. The van der Waals surface area contributed by atoms with Gasteiger partial charge < -0.3 is 0 Å². The van der Waals surface area contributed by atoms with Crippen molar-refractivity contribution in [2.45, 2.75) is 34.1 Å². The number of hydrogen-bond donors (Lipinski definition) is 0. The summed E-state index contributed by atoms with van der Waals surface area (Å²) in [6, 6.07) is 0. The van der Waals surface area contributed by atoms with E-state index in [-0.39, 0.29) is 5.41 Å². The lowest BCUT2D eigenvalue weighted by molar-refractivity contribution is -0.104. The number of carbonyl (C=O) groups is 1. The highest BCUT2D eigenvalue weighted by Crippen LogP contribution is 2.22. The summed E-state index contributed by atoms with van der Waals surface area (Å²) in [6.07, 6.45) is 7.51. The van der Waals surface area contributed by atoms with Crippen LogP contribution >= 0.6 is 0 Å². The van der Waals surface area contributed by atoms with Crippen molar-refractivity contribution in [3.63, 3.8) is 0 Å². The number of carbonyl (C=O) groups excluding carboxylic acids is 1. The van der Waals surface area contributed by atoms with E-state index in [0.29, 0.717) is 0 Å². The van der Waals surface area contributed by atoms with Gasteiger partial charge in [0.15, 0.2) is 0 Å². The molecule has 0 saturated heterocycles. The Balaban J connectivity index is 4.12. The summed E-state index contributed by atoms with van der Waals surface area (Å²) in [4.78, 5) is 10.1. The van der Waals surface area contributed by atoms with Crippen molar-refractivity contribution in [2.75, 3.05) is 0 Å². The molecule has 0 rings (SSSR count). The molecule has 0 bridgehead atoms. The largest absolute Gasteiger partial charge is 0.299 e. The third-order valence-corrected chi connectivity index (χ3v) is 1.66. The third-order valence-electron chi connectivity index (χ3n) is 1.66. The summed E-state index contributed by atoms with van der Waals surface area (Å²) in [7, 11) is 0. The van der Waals surface area contributed by atoms with E-state index in [1.54, 1.807) is 6.08 Å². The fourth-order valence-electron chi connectivity index (χ4n) is 0.835. The molecule has 0 aliphatic rings. The van der Waals surface area contributed by atoms with Gasteiger partial charge in [-0.1, -0.05) is 31.6 Å². The first-order valence-electron chi connectivity index (χ1n) is 4.24. The van der Waals surface area contributed by atoms with Gasteiger partial charge in [0.25, 0.3) is 0 Å². The maximum Gasteiger partial charge on any atom is 0.142 e. The van der Waals surface area contributed by atoms with Gasteiger partial charge >= 0.3 is 0 Å². The summed E-state index contributed by atoms with van der Waals surface area (Å²) in [5, 5.41) is 0. The first-order chi connectivity index (χ1) is 5.48. The van der Waals surface area contributed by atoms with E-state index in [1.165, 1.54) is 5.57 Å². The van der Waals surface area contributed by atoms with Gasteiger partial charge in [-0.15, -0.1) is 0 Å². The molecule has 0 heterocycles. The van der Waals surface area contributed by atoms with Gasteiger partial charge in [-0.3, -0.25) is 4.79 Å². The summed E-state index contributed by atoms with van der Waals surface area (Å²) in [5.41, 5.74) is 1.42. The number of allylic oxidation sites excluding steroid dienone is 4. The smallest absolute Gasteiger partial charge is 0.142 e. The van der Waals surface area contributed by atoms with E-state index in [4.69, 9.17) is 0 Å². The zero-order chi connectivity index (χ0) is 9.61. The lowest BCUT2D eigenvalue weighted by Crippen LogP contribution is -2.05. The Morgan fingerprint density at radius 3 is 2.33 bits per heavy atom. The van der Waals surface area contributed by atoms with Gasteiger partial charge in [0.05, 0.1) is 0 Å². The molecule has 0 aliphatic heterocycles. The standard InChI is InChI=1S/C11H18O/c1-10(2)6-8-11(3,4)7-5-9-12/h5-7,9H,8H2,1-4H3. The Hall–Kier alpha value is -0.850. The Kier molecular flexibility index (Phi) is 4.57. The number of hydrogen-bond acceptors (Lipinski definition) is 1. The van der Waals surface area contributed by atoms with Crippen molar-refractivity contribution in [1.82, 2.24) is 0 Å². The van der Waals surface area contributed by atoms with Crippen LogP contribution in [-0.4, -0.2) is 6.29 Å². The molecule has 0 spiro atoms. The normalized spacial score (nSPS) is 11.7. The van der Waals surface area contributed by atoms with Crippen molar-refractivity contribution in [2.24, 2.45) is 5.41 Å². The fraction of sp³-hybridized carbons (Fsp3) is 0.545. The number of rotatable bonds is 4. The van der Waals surface area contributed by atoms with E-state index in [2.05, 4.69) is 33.8 Å². The Labute approximate surface area is 75.2 Å². The van der Waals surface area contributed by atoms with Gasteiger partial charge in [-0.2, -0.15) is 0 Å². The second-order valence-corrected chi connectivity index (χ2v) is 3.97.